The molecule has 2 amide bonds. The molecule has 0 aliphatic carbocycles. The first-order valence-corrected chi connectivity index (χ1v) is 12.5. The van der Waals surface area contributed by atoms with E-state index in [0.717, 1.165) is 23.2 Å². The van der Waals surface area contributed by atoms with E-state index in [1.54, 1.807) is 33.8 Å². The average molecular weight is 495 g/mol. The third-order valence-corrected chi connectivity index (χ3v) is 6.50. The molecule has 3 rings (SSSR count). The number of pyridine rings is 1. The lowest BCUT2D eigenvalue weighted by atomic mass is 9.85. The molecule has 8 heteroatoms. The van der Waals surface area contributed by atoms with Crippen LogP contribution in [0.15, 0.2) is 42.5 Å². The first kappa shape index (κ1) is 27.2. The molecule has 8 nitrogen and oxygen atoms in total. The van der Waals surface area contributed by atoms with Gasteiger partial charge in [0, 0.05) is 18.7 Å². The lowest BCUT2D eigenvalue weighted by molar-refractivity contribution is -0.131. The number of anilines is 1. The summed E-state index contributed by atoms with van der Waals surface area (Å²) >= 11 is 0. The lowest BCUT2D eigenvalue weighted by Crippen LogP contribution is -2.56. The summed E-state index contributed by atoms with van der Waals surface area (Å²) in [7, 11) is 0. The number of hydrogen-bond acceptors (Lipinski definition) is 6. The van der Waals surface area contributed by atoms with Crippen molar-refractivity contribution in [3.8, 4) is 0 Å². The van der Waals surface area contributed by atoms with Crippen LogP contribution in [0.3, 0.4) is 0 Å². The fourth-order valence-corrected chi connectivity index (χ4v) is 4.52. The van der Waals surface area contributed by atoms with Crippen molar-refractivity contribution in [1.82, 2.24) is 15.2 Å². The van der Waals surface area contributed by atoms with Crippen molar-refractivity contribution in [2.45, 2.75) is 83.9 Å². The van der Waals surface area contributed by atoms with Crippen LogP contribution in [0.25, 0.3) is 0 Å². The van der Waals surface area contributed by atoms with Crippen molar-refractivity contribution in [3.05, 3.63) is 59.3 Å². The highest BCUT2D eigenvalue weighted by Gasteiger charge is 2.39. The smallest absolute Gasteiger partial charge is 0.410 e. The van der Waals surface area contributed by atoms with Gasteiger partial charge in [-0.1, -0.05) is 36.4 Å². The van der Waals surface area contributed by atoms with Gasteiger partial charge in [0.05, 0.1) is 6.04 Å². The number of hydrogen-bond donors (Lipinski definition) is 2. The maximum atomic E-state index is 13.4. The van der Waals surface area contributed by atoms with E-state index in [9.17, 15) is 14.4 Å². The van der Waals surface area contributed by atoms with Crippen LogP contribution >= 0.6 is 0 Å². The zero-order valence-corrected chi connectivity index (χ0v) is 21.9. The Morgan fingerprint density at radius 3 is 2.50 bits per heavy atom. The van der Waals surface area contributed by atoms with Gasteiger partial charge in [-0.05, 0) is 77.0 Å². The molecule has 36 heavy (non-hydrogen) atoms. The molecule has 1 aromatic carbocycles. The lowest BCUT2D eigenvalue weighted by Gasteiger charge is -2.39. The van der Waals surface area contributed by atoms with E-state index in [1.807, 2.05) is 43.3 Å². The third-order valence-electron chi connectivity index (χ3n) is 6.50. The van der Waals surface area contributed by atoms with Crippen molar-refractivity contribution in [3.63, 3.8) is 0 Å². The van der Waals surface area contributed by atoms with Crippen molar-refractivity contribution in [1.29, 1.82) is 0 Å². The number of carbonyl (C=O) groups is 3. The van der Waals surface area contributed by atoms with E-state index in [0.29, 0.717) is 25.2 Å². The van der Waals surface area contributed by atoms with E-state index < -0.39 is 23.8 Å². The van der Waals surface area contributed by atoms with Gasteiger partial charge >= 0.3 is 6.09 Å². The Morgan fingerprint density at radius 1 is 1.17 bits per heavy atom. The molecule has 1 aromatic heterocycles. The number of likely N-dealkylation sites (tertiary alicyclic amines) is 1. The number of ketones is 1. The molecular weight excluding hydrogens is 456 g/mol. The quantitative estimate of drug-likeness (QED) is 0.597. The molecule has 2 heterocycles. The minimum absolute atomic E-state index is 0.0844. The molecule has 0 bridgehead atoms. The Labute approximate surface area is 213 Å². The van der Waals surface area contributed by atoms with Gasteiger partial charge in [-0.15, -0.1) is 0 Å². The van der Waals surface area contributed by atoms with Crippen molar-refractivity contribution in [2.75, 3.05) is 12.3 Å². The van der Waals surface area contributed by atoms with E-state index >= 15 is 0 Å². The molecule has 0 radical (unpaired) electrons. The monoisotopic (exact) mass is 494 g/mol. The molecule has 194 valence electrons. The summed E-state index contributed by atoms with van der Waals surface area (Å²) in [6.07, 6.45) is 1.46. The highest BCUT2D eigenvalue weighted by molar-refractivity contribution is 5.92. The molecule has 3 atom stereocenters. The summed E-state index contributed by atoms with van der Waals surface area (Å²) in [5.74, 6) is 0.151. The minimum Gasteiger partial charge on any atom is -0.444 e. The maximum Gasteiger partial charge on any atom is 0.410 e. The number of piperidine rings is 1. The van der Waals surface area contributed by atoms with E-state index in [4.69, 9.17) is 10.5 Å². The standard InChI is InChI=1S/C28H38N4O4/c1-18-20(12-14-25(29)30-18)11-13-24(33)19(2)31-26(34)23-17-22(21-9-7-6-8-10-21)15-16-32(23)27(35)36-28(3,4)5/h6-10,12,14,19,22-23H,11,13,15-17H2,1-5H3,(H2,29,30)(H,31,34)/t19-,22-,23+/m0/s1. The summed E-state index contributed by atoms with van der Waals surface area (Å²) in [6, 6.07) is 12.2. The molecule has 1 fully saturated rings. The zero-order valence-electron chi connectivity index (χ0n) is 21.9. The van der Waals surface area contributed by atoms with Crippen molar-refractivity contribution in [2.24, 2.45) is 0 Å². The summed E-state index contributed by atoms with van der Waals surface area (Å²) < 4.78 is 5.58. The Morgan fingerprint density at radius 2 is 1.86 bits per heavy atom. The average Bonchev–Trinajstić information content (AvgIpc) is 2.82. The Balaban J connectivity index is 1.68. The SMILES string of the molecule is Cc1nc(N)ccc1CCC(=O)[C@H](C)NC(=O)[C@H]1C[C@@H](c2ccccc2)CCN1C(=O)OC(C)(C)C. The number of ether oxygens (including phenoxy) is 1. The van der Waals surface area contributed by atoms with Crippen molar-refractivity contribution < 1.29 is 19.1 Å². The van der Waals surface area contributed by atoms with Gasteiger partial charge in [-0.2, -0.15) is 0 Å². The van der Waals surface area contributed by atoms with E-state index in [-0.39, 0.29) is 24.0 Å². The molecular formula is C28H38N4O4. The summed E-state index contributed by atoms with van der Waals surface area (Å²) in [4.78, 5) is 44.9. The number of rotatable bonds is 7. The number of aryl methyl sites for hydroxylation is 2. The first-order chi connectivity index (χ1) is 16.9. The van der Waals surface area contributed by atoms with Gasteiger partial charge in [-0.3, -0.25) is 14.5 Å². The van der Waals surface area contributed by atoms with Crippen LogP contribution in [0, 0.1) is 6.92 Å². The molecule has 0 saturated carbocycles. The maximum absolute atomic E-state index is 13.4. The number of nitrogens with two attached hydrogens (primary N) is 1. The van der Waals surface area contributed by atoms with Crippen LogP contribution in [0.1, 0.15) is 69.7 Å². The van der Waals surface area contributed by atoms with E-state index in [2.05, 4.69) is 10.3 Å². The van der Waals surface area contributed by atoms with Crippen LogP contribution in [0.4, 0.5) is 10.6 Å². The van der Waals surface area contributed by atoms with Gasteiger partial charge in [0.1, 0.15) is 17.5 Å². The highest BCUT2D eigenvalue weighted by Crippen LogP contribution is 2.32. The summed E-state index contributed by atoms with van der Waals surface area (Å²) in [5.41, 5.74) is 7.91. The second-order valence-corrected chi connectivity index (χ2v) is 10.5. The summed E-state index contributed by atoms with van der Waals surface area (Å²) in [5, 5.41) is 2.86. The van der Waals surface area contributed by atoms with Crippen LogP contribution in [-0.4, -0.2) is 51.9 Å². The number of Topliss-reactive ketones (excluding diaryl/α,β-unsaturated/α-hetero) is 1. The highest BCUT2D eigenvalue weighted by atomic mass is 16.6. The van der Waals surface area contributed by atoms with Gasteiger partial charge < -0.3 is 15.8 Å². The van der Waals surface area contributed by atoms with Gasteiger partial charge in [0.15, 0.2) is 5.78 Å². The fraction of sp³-hybridized carbons (Fsp3) is 0.500. The first-order valence-electron chi connectivity index (χ1n) is 12.5. The Hall–Kier alpha value is -3.42. The molecule has 3 N–H and O–H groups in total. The second kappa shape index (κ2) is 11.5. The topological polar surface area (TPSA) is 115 Å². The van der Waals surface area contributed by atoms with Crippen LogP contribution in [-0.2, 0) is 20.7 Å². The summed E-state index contributed by atoms with van der Waals surface area (Å²) in [6.45, 7) is 9.35. The number of nitrogen functional groups attached to an aromatic ring is 1. The molecule has 2 aromatic rings. The van der Waals surface area contributed by atoms with Crippen molar-refractivity contribution >= 4 is 23.6 Å². The van der Waals surface area contributed by atoms with Gasteiger partial charge in [0.2, 0.25) is 5.91 Å². The van der Waals surface area contributed by atoms with Crippen LogP contribution in [0.5, 0.6) is 0 Å². The van der Waals surface area contributed by atoms with E-state index in [1.165, 1.54) is 4.90 Å². The number of nitrogens with zero attached hydrogens (tertiary/aromatic N) is 2. The van der Waals surface area contributed by atoms with Gasteiger partial charge in [-0.25, -0.2) is 9.78 Å². The molecule has 1 saturated heterocycles. The Bertz CT molecular complexity index is 1080. The molecule has 1 aliphatic heterocycles. The van der Waals surface area contributed by atoms with Crippen LogP contribution in [0.2, 0.25) is 0 Å². The van der Waals surface area contributed by atoms with Crippen LogP contribution < -0.4 is 11.1 Å². The largest absolute Gasteiger partial charge is 0.444 e. The fourth-order valence-electron chi connectivity index (χ4n) is 4.52. The molecule has 0 spiro atoms. The molecule has 0 unspecified atom stereocenters. The number of aromatic nitrogens is 1. The number of benzene rings is 1. The minimum atomic E-state index is -0.724. The predicted molar refractivity (Wildman–Crippen MR) is 139 cm³/mol. The predicted octanol–water partition coefficient (Wildman–Crippen LogP) is 4.16. The molecule has 1 aliphatic rings. The number of nitrogens with one attached hydrogen (secondary N) is 1. The normalized spacial score (nSPS) is 18.9. The second-order valence-electron chi connectivity index (χ2n) is 10.5. The zero-order chi connectivity index (χ0) is 26.5. The third kappa shape index (κ3) is 7.29. The number of carbonyl (C=O) groups excluding carboxylic acids is 3. The number of amides is 2. The van der Waals surface area contributed by atoms with Gasteiger partial charge in [0.25, 0.3) is 0 Å². The Kier molecular flexibility index (Phi) is 8.71.